The molecule has 0 aliphatic rings. The van der Waals surface area contributed by atoms with Crippen molar-refractivity contribution in [2.24, 2.45) is 0 Å². The number of hydrogen-bond acceptors (Lipinski definition) is 2. The minimum absolute atomic E-state index is 0.214. The zero-order valence-corrected chi connectivity index (χ0v) is 4.71. The number of carbonyl (C=O) groups excluding carboxylic acids is 1. The van der Waals surface area contributed by atoms with Gasteiger partial charge in [0.2, 0.25) is 0 Å². The molecule has 1 atom stereocenters. The van der Waals surface area contributed by atoms with Crippen LogP contribution in [0.3, 0.4) is 0 Å². The van der Waals surface area contributed by atoms with Crippen molar-refractivity contribution in [3.63, 3.8) is 0 Å². The van der Waals surface area contributed by atoms with Crippen LogP contribution < -0.4 is 0 Å². The first-order valence-corrected chi connectivity index (χ1v) is 2.54. The zero-order valence-electron chi connectivity index (χ0n) is 4.71. The molecular formula is C6H10O2. The molecule has 1 N–H and O–H groups in total. The van der Waals surface area contributed by atoms with E-state index in [4.69, 9.17) is 5.11 Å². The lowest BCUT2D eigenvalue weighted by molar-refractivity contribution is -0.109. The lowest BCUT2D eigenvalue weighted by atomic mass is 10.2. The molecule has 0 heterocycles. The van der Waals surface area contributed by atoms with E-state index in [0.29, 0.717) is 12.7 Å². The summed E-state index contributed by atoms with van der Waals surface area (Å²) in [6.45, 7) is 3.41. The first-order valence-electron chi connectivity index (χ1n) is 2.54. The smallest absolute Gasteiger partial charge is 0.122 e. The lowest BCUT2D eigenvalue weighted by Gasteiger charge is -1.98. The Hall–Kier alpha value is -0.630. The molecule has 1 unspecified atom stereocenters. The zero-order chi connectivity index (χ0) is 6.41. The molecule has 0 aliphatic carbocycles. The summed E-state index contributed by atoms with van der Waals surface area (Å²) in [5.41, 5.74) is 0. The topological polar surface area (TPSA) is 37.3 Å². The summed E-state index contributed by atoms with van der Waals surface area (Å²) in [5.74, 6) is 0. The summed E-state index contributed by atoms with van der Waals surface area (Å²) < 4.78 is 0. The molecule has 0 amide bonds. The minimum atomic E-state index is -0.523. The maximum atomic E-state index is 9.70. The maximum absolute atomic E-state index is 9.70. The highest BCUT2D eigenvalue weighted by molar-refractivity contribution is 5.50. The second-order valence-corrected chi connectivity index (χ2v) is 1.58. The van der Waals surface area contributed by atoms with Gasteiger partial charge in [0.1, 0.15) is 6.29 Å². The van der Waals surface area contributed by atoms with E-state index in [2.05, 4.69) is 6.58 Å². The molecule has 0 fully saturated rings. The number of aliphatic hydroxyl groups is 1. The number of hydrogen-bond donors (Lipinski definition) is 1. The predicted octanol–water partition coefficient (Wildman–Crippen LogP) is 0.512. The molecule has 0 bridgehead atoms. The van der Waals surface area contributed by atoms with E-state index in [1.54, 1.807) is 6.08 Å². The molecule has 0 radical (unpaired) electrons. The highest BCUT2D eigenvalue weighted by Crippen LogP contribution is 1.93. The number of carbonyl (C=O) groups is 1. The van der Waals surface area contributed by atoms with Gasteiger partial charge in [-0.3, -0.25) is 0 Å². The van der Waals surface area contributed by atoms with E-state index in [0.717, 1.165) is 0 Å². The summed E-state index contributed by atoms with van der Waals surface area (Å²) in [4.78, 5) is 9.70. The molecule has 0 saturated heterocycles. The van der Waals surface area contributed by atoms with E-state index in [1.165, 1.54) is 0 Å². The van der Waals surface area contributed by atoms with Gasteiger partial charge in [-0.15, -0.1) is 6.58 Å². The quantitative estimate of drug-likeness (QED) is 0.427. The highest BCUT2D eigenvalue weighted by atomic mass is 16.3. The molecule has 0 aliphatic heterocycles. The van der Waals surface area contributed by atoms with Crippen molar-refractivity contribution in [2.45, 2.75) is 18.9 Å². The van der Waals surface area contributed by atoms with Crippen molar-refractivity contribution in [1.82, 2.24) is 0 Å². The van der Waals surface area contributed by atoms with Crippen LogP contribution in [0.2, 0.25) is 0 Å². The van der Waals surface area contributed by atoms with Crippen LogP contribution in [0.25, 0.3) is 0 Å². The number of aldehydes is 1. The second kappa shape index (κ2) is 4.53. The molecule has 8 heavy (non-hydrogen) atoms. The van der Waals surface area contributed by atoms with Gasteiger partial charge in [-0.05, 0) is 6.42 Å². The number of aliphatic hydroxyl groups excluding tert-OH is 1. The fourth-order valence-corrected chi connectivity index (χ4v) is 0.400. The van der Waals surface area contributed by atoms with Crippen LogP contribution >= 0.6 is 0 Å². The third-order valence-electron chi connectivity index (χ3n) is 0.807. The van der Waals surface area contributed by atoms with Crippen LogP contribution in [0.15, 0.2) is 12.7 Å². The summed E-state index contributed by atoms with van der Waals surface area (Å²) in [6, 6.07) is 0. The van der Waals surface area contributed by atoms with E-state index in [-0.39, 0.29) is 6.42 Å². The first kappa shape index (κ1) is 7.37. The molecule has 0 aromatic rings. The molecule has 0 spiro atoms. The molecule has 0 aromatic carbocycles. The van der Waals surface area contributed by atoms with Crippen LogP contribution in [-0.4, -0.2) is 17.5 Å². The van der Waals surface area contributed by atoms with Gasteiger partial charge in [0.15, 0.2) is 0 Å². The summed E-state index contributed by atoms with van der Waals surface area (Å²) >= 11 is 0. The maximum Gasteiger partial charge on any atom is 0.122 e. The van der Waals surface area contributed by atoms with E-state index in [1.807, 2.05) is 0 Å². The van der Waals surface area contributed by atoms with Crippen molar-refractivity contribution in [1.29, 1.82) is 0 Å². The van der Waals surface area contributed by atoms with Gasteiger partial charge in [-0.25, -0.2) is 0 Å². The standard InChI is InChI=1S/C6H10O2/c1-2-3-6(8)4-5-7/h2,5-6,8H,1,3-4H2. The average molecular weight is 114 g/mol. The Morgan fingerprint density at radius 3 is 2.62 bits per heavy atom. The van der Waals surface area contributed by atoms with Gasteiger partial charge in [0.25, 0.3) is 0 Å². The molecule has 46 valence electrons. The first-order chi connectivity index (χ1) is 3.81. The fraction of sp³-hybridized carbons (Fsp3) is 0.500. The largest absolute Gasteiger partial charge is 0.392 e. The van der Waals surface area contributed by atoms with Crippen molar-refractivity contribution in [3.8, 4) is 0 Å². The van der Waals surface area contributed by atoms with Gasteiger partial charge < -0.3 is 9.90 Å². The number of rotatable bonds is 4. The van der Waals surface area contributed by atoms with Crippen LogP contribution in [0, 0.1) is 0 Å². The Bertz CT molecular complexity index is 68.6. The van der Waals surface area contributed by atoms with Crippen molar-refractivity contribution in [2.75, 3.05) is 0 Å². The van der Waals surface area contributed by atoms with Crippen molar-refractivity contribution >= 4 is 6.29 Å². The highest BCUT2D eigenvalue weighted by Gasteiger charge is 1.96. The van der Waals surface area contributed by atoms with Crippen LogP contribution in [0.4, 0.5) is 0 Å². The van der Waals surface area contributed by atoms with Gasteiger partial charge in [-0.2, -0.15) is 0 Å². The predicted molar refractivity (Wildman–Crippen MR) is 31.5 cm³/mol. The van der Waals surface area contributed by atoms with Gasteiger partial charge in [0.05, 0.1) is 6.10 Å². The third-order valence-corrected chi connectivity index (χ3v) is 0.807. The fourth-order valence-electron chi connectivity index (χ4n) is 0.400. The van der Waals surface area contributed by atoms with Gasteiger partial charge in [-0.1, -0.05) is 6.08 Å². The molecule has 0 aromatic heterocycles. The molecule has 0 rings (SSSR count). The SMILES string of the molecule is C=CCC(O)CC=O. The van der Waals surface area contributed by atoms with Crippen LogP contribution in [0.1, 0.15) is 12.8 Å². The summed E-state index contributed by atoms with van der Waals surface area (Å²) in [5, 5.41) is 8.75. The normalized spacial score (nSPS) is 12.6. The lowest BCUT2D eigenvalue weighted by Crippen LogP contribution is -2.04. The van der Waals surface area contributed by atoms with Crippen molar-refractivity contribution in [3.05, 3.63) is 12.7 Å². The Labute approximate surface area is 48.8 Å². The average Bonchev–Trinajstić information content (AvgIpc) is 1.68. The van der Waals surface area contributed by atoms with Crippen LogP contribution in [-0.2, 0) is 4.79 Å². The monoisotopic (exact) mass is 114 g/mol. The van der Waals surface area contributed by atoms with E-state index >= 15 is 0 Å². The van der Waals surface area contributed by atoms with E-state index < -0.39 is 6.10 Å². The van der Waals surface area contributed by atoms with Gasteiger partial charge >= 0.3 is 0 Å². The Kier molecular flexibility index (Phi) is 4.17. The Morgan fingerprint density at radius 1 is 1.62 bits per heavy atom. The van der Waals surface area contributed by atoms with Crippen molar-refractivity contribution < 1.29 is 9.90 Å². The van der Waals surface area contributed by atoms with Gasteiger partial charge in [0, 0.05) is 6.42 Å². The molecule has 0 saturated carbocycles. The Morgan fingerprint density at radius 2 is 2.25 bits per heavy atom. The summed E-state index contributed by atoms with van der Waals surface area (Å²) in [7, 11) is 0. The van der Waals surface area contributed by atoms with E-state index in [9.17, 15) is 4.79 Å². The molecular weight excluding hydrogens is 104 g/mol. The molecule has 2 nitrogen and oxygen atoms in total. The molecule has 2 heteroatoms. The second-order valence-electron chi connectivity index (χ2n) is 1.58. The summed E-state index contributed by atoms with van der Waals surface area (Å²) in [6.07, 6.45) is 2.48. The van der Waals surface area contributed by atoms with Crippen LogP contribution in [0.5, 0.6) is 0 Å². The minimum Gasteiger partial charge on any atom is -0.392 e. The third kappa shape index (κ3) is 3.56. The Balaban J connectivity index is 3.16.